The number of rotatable bonds is 29. The van der Waals surface area contributed by atoms with E-state index in [-0.39, 0.29) is 23.7 Å². The Morgan fingerprint density at radius 1 is 0.355 bits per heavy atom. The number of thiocarbonyl (C=S) groups is 4. The number of nitrogens with zero attached hydrogens (tertiary/aromatic N) is 6. The topological polar surface area (TPSA) is 152 Å². The summed E-state index contributed by atoms with van der Waals surface area (Å²) in [6.45, 7) is 8.83. The monoisotopic (exact) mass is 916 g/mol. The molecule has 334 valence electrons. The lowest BCUT2D eigenvalue weighted by molar-refractivity contribution is 0.235. The van der Waals surface area contributed by atoms with E-state index in [1.165, 1.54) is 0 Å². The van der Waals surface area contributed by atoms with Crippen LogP contribution in [-0.4, -0.2) is 121 Å². The second-order valence-corrected chi connectivity index (χ2v) is 16.4. The second-order valence-electron chi connectivity index (χ2n) is 14.8. The van der Waals surface area contributed by atoms with Crippen LogP contribution in [-0.2, 0) is 0 Å². The van der Waals surface area contributed by atoms with E-state index in [0.717, 1.165) is 104 Å². The molecule has 0 radical (unpaired) electrons. The zero-order valence-electron chi connectivity index (χ0n) is 35.5. The minimum absolute atomic E-state index is 0.211. The van der Waals surface area contributed by atoms with Crippen LogP contribution in [0, 0.1) is 23.7 Å². The Morgan fingerprint density at radius 2 is 0.565 bits per heavy atom. The van der Waals surface area contributed by atoms with E-state index < -0.39 is 0 Å². The zero-order valence-corrected chi connectivity index (χ0v) is 38.8. The van der Waals surface area contributed by atoms with E-state index >= 15 is 0 Å². The minimum atomic E-state index is 0.211. The molecule has 0 atom stereocenters. The van der Waals surface area contributed by atoms with Gasteiger partial charge >= 0.3 is 0 Å². The largest absolute Gasteiger partial charge is 0.361 e. The third-order valence-corrected chi connectivity index (χ3v) is 10.7. The van der Waals surface area contributed by atoms with Gasteiger partial charge in [-0.3, -0.25) is 21.7 Å². The summed E-state index contributed by atoms with van der Waals surface area (Å²) in [5, 5.41) is 32.4. The van der Waals surface area contributed by atoms with Crippen LogP contribution in [0.25, 0.3) is 0 Å². The molecule has 0 unspecified atom stereocenters. The van der Waals surface area contributed by atoms with E-state index in [9.17, 15) is 0 Å². The van der Waals surface area contributed by atoms with Crippen LogP contribution in [0.4, 0.5) is 0 Å². The quantitative estimate of drug-likeness (QED) is 0.0227. The van der Waals surface area contributed by atoms with Crippen LogP contribution in [0.1, 0.15) is 38.5 Å². The molecule has 0 heterocycles. The molecular formula is C44H64N14S4. The van der Waals surface area contributed by atoms with Crippen molar-refractivity contribution in [2.24, 2.45) is 44.1 Å². The molecule has 0 saturated carbocycles. The number of hydrogen-bond acceptors (Lipinski definition) is 10. The first kappa shape index (κ1) is 49.9. The molecule has 0 aromatic rings. The molecule has 62 heavy (non-hydrogen) atoms. The van der Waals surface area contributed by atoms with E-state index in [0.29, 0.717) is 20.4 Å². The van der Waals surface area contributed by atoms with Gasteiger partial charge in [-0.2, -0.15) is 20.4 Å². The van der Waals surface area contributed by atoms with Gasteiger partial charge in [0.25, 0.3) is 0 Å². The first-order chi connectivity index (χ1) is 30.4. The Bertz CT molecular complexity index is 1470. The summed E-state index contributed by atoms with van der Waals surface area (Å²) >= 11 is 21.8. The first-order valence-corrected chi connectivity index (χ1v) is 23.2. The molecule has 0 bridgehead atoms. The van der Waals surface area contributed by atoms with Crippen molar-refractivity contribution < 1.29 is 0 Å². The van der Waals surface area contributed by atoms with Gasteiger partial charge in [0, 0.05) is 74.7 Å². The lowest BCUT2D eigenvalue weighted by Gasteiger charge is -2.25. The lowest BCUT2D eigenvalue weighted by atomic mass is 10.2. The molecule has 0 aromatic carbocycles. The van der Waals surface area contributed by atoms with E-state index in [1.54, 1.807) is 0 Å². The summed E-state index contributed by atoms with van der Waals surface area (Å²) < 4.78 is 0. The Labute approximate surface area is 390 Å². The number of nitrogens with one attached hydrogen (secondary N) is 8. The van der Waals surface area contributed by atoms with Gasteiger partial charge in [-0.15, -0.1) is 0 Å². The van der Waals surface area contributed by atoms with Crippen LogP contribution in [0.2, 0.25) is 0 Å². The van der Waals surface area contributed by atoms with Crippen molar-refractivity contribution >= 4 is 94.2 Å². The summed E-state index contributed by atoms with van der Waals surface area (Å²) in [7, 11) is 0. The Hall–Kier alpha value is -4.72. The number of hydrogen-bond donors (Lipinski definition) is 8. The molecule has 14 nitrogen and oxygen atoms in total. The highest BCUT2D eigenvalue weighted by atomic mass is 32.1. The van der Waals surface area contributed by atoms with Crippen molar-refractivity contribution in [1.29, 1.82) is 0 Å². The molecule has 0 saturated heterocycles. The third kappa shape index (κ3) is 24.1. The predicted molar refractivity (Wildman–Crippen MR) is 277 cm³/mol. The number of hydrazone groups is 4. The minimum Gasteiger partial charge on any atom is -0.361 e. The third-order valence-electron chi connectivity index (χ3n) is 9.71. The Morgan fingerprint density at radius 3 is 0.790 bits per heavy atom. The highest BCUT2D eigenvalue weighted by Gasteiger charge is 2.10. The molecule has 18 heteroatoms. The predicted octanol–water partition coefficient (Wildman–Crippen LogP) is 4.70. The Kier molecular flexibility index (Phi) is 25.8. The van der Waals surface area contributed by atoms with Gasteiger partial charge in [-0.1, -0.05) is 97.2 Å². The molecule has 0 fully saturated rings. The van der Waals surface area contributed by atoms with Crippen molar-refractivity contribution in [2.75, 3.05) is 65.4 Å². The average Bonchev–Trinajstić information content (AvgIpc) is 4.13. The van der Waals surface area contributed by atoms with E-state index in [1.807, 2.05) is 73.5 Å². The first-order valence-electron chi connectivity index (χ1n) is 21.6. The van der Waals surface area contributed by atoms with Crippen LogP contribution < -0.4 is 43.0 Å². The normalized spacial score (nSPS) is 16.0. The van der Waals surface area contributed by atoms with Gasteiger partial charge in [0.05, 0.1) is 0 Å². The maximum absolute atomic E-state index is 5.45. The molecule has 0 aliphatic heterocycles. The van der Waals surface area contributed by atoms with Crippen molar-refractivity contribution in [3.8, 4) is 0 Å². The van der Waals surface area contributed by atoms with Crippen LogP contribution >= 0.6 is 48.9 Å². The molecular weight excluding hydrogens is 853 g/mol. The highest BCUT2D eigenvalue weighted by Crippen LogP contribution is 2.08. The molecule has 4 aliphatic rings. The van der Waals surface area contributed by atoms with Gasteiger partial charge in [0.1, 0.15) is 0 Å². The van der Waals surface area contributed by atoms with Gasteiger partial charge in [-0.05, 0) is 127 Å². The maximum Gasteiger partial charge on any atom is 0.186 e. The van der Waals surface area contributed by atoms with Crippen LogP contribution in [0.3, 0.4) is 0 Å². The van der Waals surface area contributed by atoms with Crippen LogP contribution in [0.5, 0.6) is 0 Å². The van der Waals surface area contributed by atoms with E-state index in [4.69, 9.17) is 48.9 Å². The maximum atomic E-state index is 5.45. The van der Waals surface area contributed by atoms with Crippen molar-refractivity contribution in [3.05, 3.63) is 97.2 Å². The highest BCUT2D eigenvalue weighted by molar-refractivity contribution is 7.80. The molecule has 0 aromatic heterocycles. The average molecular weight is 917 g/mol. The van der Waals surface area contributed by atoms with Crippen molar-refractivity contribution in [1.82, 2.24) is 52.8 Å². The fourth-order valence-electron chi connectivity index (χ4n) is 6.44. The Balaban J connectivity index is 1.19. The molecule has 8 N–H and O–H groups in total. The second kappa shape index (κ2) is 32.0. The van der Waals surface area contributed by atoms with Gasteiger partial charge in [0.15, 0.2) is 20.4 Å². The summed E-state index contributed by atoms with van der Waals surface area (Å²) in [4.78, 5) is 5.07. The standard InChI is InChI=1S/C44H64N14S4/c59-41(53-49-33-37-15-1-2-16-37)45-23-11-29-57(30-12-24-46-42(60)54-50-34-38-17-3-4-18-38)27-9-10-28-58(31-13-25-47-43(61)55-51-35-39-19-5-6-20-39)32-14-26-48-44(62)56-52-36-40-21-7-8-22-40/h1-8,15-22,33-40H,9-14,23-32H2,(H2,45,53,59)(H2,46,54,60)(H2,47,55,61)(H2,48,56,62)/b49-33+,50-34+,51-35+,52-36+. The lowest BCUT2D eigenvalue weighted by Crippen LogP contribution is -2.37. The molecule has 0 amide bonds. The van der Waals surface area contributed by atoms with Gasteiger partial charge in [0.2, 0.25) is 0 Å². The molecule has 4 aliphatic carbocycles. The SMILES string of the molecule is S=C(NCCCN(CCCCN(CCCNC(=S)N/N=C/C1C=CC=C1)CCCNC(=S)N/N=C/C1C=CC=C1)CCCNC(=S)N/N=C/C1C=CC=C1)N/N=C/C1C=CC=C1. The van der Waals surface area contributed by atoms with Gasteiger partial charge < -0.3 is 31.1 Å². The zero-order chi connectivity index (χ0) is 43.7. The van der Waals surface area contributed by atoms with Crippen molar-refractivity contribution in [3.63, 3.8) is 0 Å². The van der Waals surface area contributed by atoms with Gasteiger partial charge in [-0.25, -0.2) is 0 Å². The molecule has 4 rings (SSSR count). The summed E-state index contributed by atoms with van der Waals surface area (Å²) in [5.74, 6) is 0.842. The van der Waals surface area contributed by atoms with E-state index in [2.05, 4.69) is 122 Å². The number of unbranched alkanes of at least 4 members (excludes halogenated alkanes) is 1. The summed E-state index contributed by atoms with van der Waals surface area (Å²) in [6.07, 6.45) is 46.1. The summed E-state index contributed by atoms with van der Waals surface area (Å²) in [6, 6.07) is 0. The van der Waals surface area contributed by atoms with Crippen molar-refractivity contribution in [2.45, 2.75) is 38.5 Å². The fourth-order valence-corrected chi connectivity index (χ4v) is 7.06. The fraction of sp³-hybridized carbons (Fsp3) is 0.455. The summed E-state index contributed by atoms with van der Waals surface area (Å²) in [5.41, 5.74) is 11.7. The molecule has 0 spiro atoms. The van der Waals surface area contributed by atoms with Crippen LogP contribution in [0.15, 0.2) is 118 Å². The number of allylic oxidation sites excluding steroid dienone is 16. The smallest absolute Gasteiger partial charge is 0.186 e.